The number of nitrogens with one attached hydrogen (secondary N) is 1. The van der Waals surface area contributed by atoms with Crippen molar-refractivity contribution in [3.8, 4) is 0 Å². The van der Waals surface area contributed by atoms with Gasteiger partial charge in [-0.3, -0.25) is 4.79 Å². The van der Waals surface area contributed by atoms with Crippen LogP contribution in [0.25, 0.3) is 5.70 Å². The summed E-state index contributed by atoms with van der Waals surface area (Å²) in [4.78, 5) is 27.5. The van der Waals surface area contributed by atoms with E-state index >= 15 is 4.39 Å². The predicted octanol–water partition coefficient (Wildman–Crippen LogP) is 5.76. The van der Waals surface area contributed by atoms with Gasteiger partial charge in [0.2, 0.25) is 0 Å². The average Bonchev–Trinajstić information content (AvgIpc) is 3.12. The van der Waals surface area contributed by atoms with Crippen molar-refractivity contribution in [1.82, 2.24) is 5.32 Å². The van der Waals surface area contributed by atoms with Gasteiger partial charge in [0.25, 0.3) is 0 Å². The SMILES string of the molecule is CC1=C(C(=O)OC2C3CC4CC(C3)CC2C4)[C@H](c2ccccc2F)C2=C(N1)c1ccccc1C2=O. The van der Waals surface area contributed by atoms with Gasteiger partial charge in [-0.2, -0.15) is 0 Å². The van der Waals surface area contributed by atoms with Gasteiger partial charge in [-0.1, -0.05) is 42.5 Å². The lowest BCUT2D eigenvalue weighted by molar-refractivity contribution is -0.166. The maximum atomic E-state index is 15.2. The van der Waals surface area contributed by atoms with Crippen LogP contribution in [0.4, 0.5) is 4.39 Å². The molecule has 2 aromatic carbocycles. The Hall–Kier alpha value is -3.21. The molecule has 4 bridgehead atoms. The number of carbonyl (C=O) groups is 2. The molecule has 0 spiro atoms. The van der Waals surface area contributed by atoms with E-state index in [1.54, 1.807) is 24.3 Å². The zero-order valence-electron chi connectivity index (χ0n) is 19.7. The summed E-state index contributed by atoms with van der Waals surface area (Å²) in [5.41, 5.74) is 3.77. The minimum atomic E-state index is -0.809. The first-order valence-electron chi connectivity index (χ1n) is 12.8. The molecule has 0 saturated heterocycles. The summed E-state index contributed by atoms with van der Waals surface area (Å²) in [6.45, 7) is 1.83. The molecule has 4 saturated carbocycles. The zero-order chi connectivity index (χ0) is 23.8. The Morgan fingerprint density at radius 2 is 1.54 bits per heavy atom. The van der Waals surface area contributed by atoms with E-state index in [-0.39, 0.29) is 11.9 Å². The van der Waals surface area contributed by atoms with Crippen LogP contribution in [0.1, 0.15) is 66.4 Å². The largest absolute Gasteiger partial charge is 0.458 e. The molecule has 5 heteroatoms. The molecule has 1 N–H and O–H groups in total. The number of benzene rings is 2. The van der Waals surface area contributed by atoms with E-state index in [1.165, 1.54) is 12.5 Å². The van der Waals surface area contributed by atoms with Crippen LogP contribution < -0.4 is 5.32 Å². The molecule has 5 aliphatic carbocycles. The van der Waals surface area contributed by atoms with E-state index in [4.69, 9.17) is 4.74 Å². The molecule has 4 nitrogen and oxygen atoms in total. The lowest BCUT2D eigenvalue weighted by atomic mass is 9.55. The molecular weight excluding hydrogens is 441 g/mol. The van der Waals surface area contributed by atoms with Gasteiger partial charge in [0.1, 0.15) is 11.9 Å². The third-order valence-electron chi connectivity index (χ3n) is 9.07. The summed E-state index contributed by atoms with van der Waals surface area (Å²) in [5.74, 6) is 0.578. The van der Waals surface area contributed by atoms with Gasteiger partial charge in [-0.15, -0.1) is 0 Å². The van der Waals surface area contributed by atoms with E-state index in [9.17, 15) is 9.59 Å². The Kier molecular flexibility index (Phi) is 4.61. The Morgan fingerprint density at radius 1 is 0.914 bits per heavy atom. The Labute approximate surface area is 204 Å². The van der Waals surface area contributed by atoms with E-state index in [2.05, 4.69) is 5.32 Å². The number of esters is 1. The van der Waals surface area contributed by atoms with Crippen LogP contribution in [0.15, 0.2) is 65.4 Å². The van der Waals surface area contributed by atoms with Gasteiger partial charge in [0, 0.05) is 28.0 Å². The Bertz CT molecular complexity index is 1310. The predicted molar refractivity (Wildman–Crippen MR) is 130 cm³/mol. The molecule has 35 heavy (non-hydrogen) atoms. The van der Waals surface area contributed by atoms with E-state index < -0.39 is 17.7 Å². The van der Waals surface area contributed by atoms with Crippen molar-refractivity contribution in [2.75, 3.05) is 0 Å². The van der Waals surface area contributed by atoms with Gasteiger partial charge in [-0.05, 0) is 68.8 Å². The van der Waals surface area contributed by atoms with Crippen LogP contribution in [0.3, 0.4) is 0 Å². The van der Waals surface area contributed by atoms with E-state index in [0.717, 1.165) is 43.1 Å². The fourth-order valence-corrected chi connectivity index (χ4v) is 7.87. The number of fused-ring (bicyclic) bond motifs is 2. The van der Waals surface area contributed by atoms with Crippen LogP contribution in [0, 0.1) is 29.5 Å². The van der Waals surface area contributed by atoms with Crippen molar-refractivity contribution < 1.29 is 18.7 Å². The number of hydrogen-bond acceptors (Lipinski definition) is 4. The monoisotopic (exact) mass is 469 g/mol. The number of Topliss-reactive ketones (excluding diaryl/α,β-unsaturated/α-hetero) is 1. The Balaban J connectivity index is 1.29. The highest BCUT2D eigenvalue weighted by Gasteiger charge is 2.51. The minimum Gasteiger partial charge on any atom is -0.458 e. The van der Waals surface area contributed by atoms with Crippen molar-refractivity contribution >= 4 is 17.4 Å². The second kappa shape index (κ2) is 7.64. The number of rotatable bonds is 3. The summed E-state index contributed by atoms with van der Waals surface area (Å²) in [7, 11) is 0. The highest BCUT2D eigenvalue weighted by molar-refractivity contribution is 6.23. The molecule has 1 atom stereocenters. The van der Waals surface area contributed by atoms with Gasteiger partial charge in [0.15, 0.2) is 5.78 Å². The fraction of sp³-hybridized carbons (Fsp3) is 0.400. The van der Waals surface area contributed by atoms with Gasteiger partial charge in [0.05, 0.1) is 17.2 Å². The molecule has 0 radical (unpaired) electrons. The van der Waals surface area contributed by atoms with Crippen molar-refractivity contribution in [1.29, 1.82) is 0 Å². The first-order chi connectivity index (χ1) is 17.0. The lowest BCUT2D eigenvalue weighted by Gasteiger charge is -2.53. The van der Waals surface area contributed by atoms with Crippen LogP contribution in [-0.2, 0) is 9.53 Å². The van der Waals surface area contributed by atoms with Crippen LogP contribution in [0.2, 0.25) is 0 Å². The van der Waals surface area contributed by atoms with Crippen molar-refractivity contribution in [3.05, 3.63) is 87.9 Å². The third kappa shape index (κ3) is 3.10. The smallest absolute Gasteiger partial charge is 0.337 e. The minimum absolute atomic E-state index is 0.0799. The van der Waals surface area contributed by atoms with Crippen molar-refractivity contribution in [2.24, 2.45) is 23.7 Å². The highest BCUT2D eigenvalue weighted by Crippen LogP contribution is 2.55. The number of hydrogen-bond donors (Lipinski definition) is 1. The Morgan fingerprint density at radius 3 is 2.23 bits per heavy atom. The number of dihydropyridines is 1. The summed E-state index contributed by atoms with van der Waals surface area (Å²) in [5, 5.41) is 3.33. The standard InChI is InChI=1S/C30H28FNO3/c1-15-24(30(34)35-29-18-11-16-10-17(13-18)14-19(29)12-16)25(22-8-4-5-9-23(22)31)26-27(32-15)20-6-2-3-7-21(20)28(26)33/h2-9,16-19,25,29,32H,10-14H2,1H3/t16?,17?,18?,19?,25-,29?/m0/s1. The maximum absolute atomic E-state index is 15.2. The summed E-state index contributed by atoms with van der Waals surface area (Å²) < 4.78 is 21.5. The van der Waals surface area contributed by atoms with Crippen LogP contribution in [-0.4, -0.2) is 17.9 Å². The normalized spacial score (nSPS) is 32.5. The first-order valence-corrected chi connectivity index (χ1v) is 12.8. The molecule has 1 aliphatic heterocycles. The molecule has 4 fully saturated rings. The van der Waals surface area contributed by atoms with Crippen molar-refractivity contribution in [3.63, 3.8) is 0 Å². The molecular formula is C30H28FNO3. The molecule has 8 rings (SSSR count). The van der Waals surface area contributed by atoms with Gasteiger partial charge >= 0.3 is 5.97 Å². The highest BCUT2D eigenvalue weighted by atomic mass is 19.1. The molecule has 1 heterocycles. The van der Waals surface area contributed by atoms with Crippen LogP contribution >= 0.6 is 0 Å². The molecule has 0 unspecified atom stereocenters. The number of carbonyl (C=O) groups excluding carboxylic acids is 2. The maximum Gasteiger partial charge on any atom is 0.337 e. The summed E-state index contributed by atoms with van der Waals surface area (Å²) >= 11 is 0. The topological polar surface area (TPSA) is 55.4 Å². The zero-order valence-corrected chi connectivity index (χ0v) is 19.7. The number of ketones is 1. The number of allylic oxidation sites excluding steroid dienone is 2. The number of halogens is 1. The molecule has 0 aromatic heterocycles. The average molecular weight is 470 g/mol. The first kappa shape index (κ1) is 21.1. The third-order valence-corrected chi connectivity index (χ3v) is 9.07. The fourth-order valence-electron chi connectivity index (χ4n) is 7.87. The molecule has 0 amide bonds. The second-order valence-electron chi connectivity index (χ2n) is 11.1. The van der Waals surface area contributed by atoms with E-state index in [0.29, 0.717) is 45.5 Å². The van der Waals surface area contributed by atoms with E-state index in [1.807, 2.05) is 25.1 Å². The molecule has 6 aliphatic rings. The van der Waals surface area contributed by atoms with Crippen molar-refractivity contribution in [2.45, 2.75) is 51.0 Å². The van der Waals surface area contributed by atoms with Gasteiger partial charge < -0.3 is 10.1 Å². The molecule has 2 aromatic rings. The van der Waals surface area contributed by atoms with Gasteiger partial charge in [-0.25, -0.2) is 9.18 Å². The second-order valence-corrected chi connectivity index (χ2v) is 11.1. The summed E-state index contributed by atoms with van der Waals surface area (Å²) in [6, 6.07) is 13.8. The summed E-state index contributed by atoms with van der Waals surface area (Å²) in [6.07, 6.45) is 5.81. The quantitative estimate of drug-likeness (QED) is 0.581. The molecule has 178 valence electrons. The number of ether oxygens (including phenoxy) is 1. The van der Waals surface area contributed by atoms with Crippen LogP contribution in [0.5, 0.6) is 0 Å². The lowest BCUT2D eigenvalue weighted by Crippen LogP contribution is -2.50.